The number of carbonyl (C=O) groups is 3. The number of likely N-dealkylation sites (N-methyl/N-ethyl adjacent to an activating group) is 1. The summed E-state index contributed by atoms with van der Waals surface area (Å²) in [4.78, 5) is 43.6. The Kier molecular flexibility index (Phi) is 18.6. The molecule has 1 aromatic carbocycles. The van der Waals surface area contributed by atoms with E-state index in [-0.39, 0.29) is 49.5 Å². The van der Waals surface area contributed by atoms with Crippen molar-refractivity contribution in [3.05, 3.63) is 29.8 Å². The number of phenols is 1. The van der Waals surface area contributed by atoms with Gasteiger partial charge in [-0.3, -0.25) is 9.59 Å². The number of aromatic hydroxyl groups is 1. The number of amides is 1. The van der Waals surface area contributed by atoms with Crippen molar-refractivity contribution in [3.63, 3.8) is 0 Å². The molecule has 0 aliphatic carbocycles. The molecule has 366 valence electrons. The molecule has 0 saturated carbocycles. The number of hydrogen-bond donors (Lipinski definition) is 5. The number of rotatable bonds is 12. The average molecular weight is 911 g/mol. The number of aliphatic hydroxyl groups is 3. The Balaban J connectivity index is 1.73. The lowest BCUT2D eigenvalue weighted by Crippen LogP contribution is -2.62. The van der Waals surface area contributed by atoms with Crippen LogP contribution in [-0.2, 0) is 53.9 Å². The number of methoxy groups -OCH3 is 2. The van der Waals surface area contributed by atoms with E-state index in [0.717, 1.165) is 5.56 Å². The van der Waals surface area contributed by atoms with E-state index in [1.54, 1.807) is 72.7 Å². The van der Waals surface area contributed by atoms with Gasteiger partial charge >= 0.3 is 12.1 Å². The predicted molar refractivity (Wildman–Crippen MR) is 235 cm³/mol. The van der Waals surface area contributed by atoms with Gasteiger partial charge in [0.1, 0.15) is 34.9 Å². The summed E-state index contributed by atoms with van der Waals surface area (Å²) in [7, 11) is 6.73. The van der Waals surface area contributed by atoms with E-state index in [4.69, 9.17) is 37.9 Å². The number of hydrogen-bond acceptors (Lipinski definition) is 16. The summed E-state index contributed by atoms with van der Waals surface area (Å²) in [6.45, 7) is 17.3. The van der Waals surface area contributed by atoms with Crippen molar-refractivity contribution in [1.82, 2.24) is 10.2 Å². The molecule has 4 rings (SSSR count). The Hall–Kier alpha value is -2.97. The fourth-order valence-electron chi connectivity index (χ4n) is 9.92. The second kappa shape index (κ2) is 22.2. The first-order chi connectivity index (χ1) is 29.8. The highest BCUT2D eigenvalue weighted by Gasteiger charge is 2.55. The van der Waals surface area contributed by atoms with Gasteiger partial charge in [-0.2, -0.15) is 0 Å². The van der Waals surface area contributed by atoms with Gasteiger partial charge in [-0.05, 0) is 99.0 Å². The van der Waals surface area contributed by atoms with Crippen LogP contribution in [0.3, 0.4) is 0 Å². The summed E-state index contributed by atoms with van der Waals surface area (Å²) < 4.78 is 50.8. The highest BCUT2D eigenvalue weighted by Crippen LogP contribution is 2.42. The number of cyclic esters (lactones) is 1. The second-order valence-electron chi connectivity index (χ2n) is 19.4. The van der Waals surface area contributed by atoms with E-state index in [2.05, 4.69) is 5.32 Å². The molecular weight excluding hydrogens is 833 g/mol. The lowest BCUT2D eigenvalue weighted by Gasteiger charge is -2.50. The summed E-state index contributed by atoms with van der Waals surface area (Å²) in [5.74, 6) is -4.59. The third-order valence-corrected chi connectivity index (χ3v) is 14.1. The molecule has 3 fully saturated rings. The van der Waals surface area contributed by atoms with Gasteiger partial charge in [-0.15, -0.1) is 0 Å². The number of ketones is 1. The number of aliphatic hydroxyl groups excluding tert-OH is 2. The summed E-state index contributed by atoms with van der Waals surface area (Å²) in [6.07, 6.45) is -9.56. The van der Waals surface area contributed by atoms with E-state index in [1.807, 2.05) is 32.8 Å². The lowest BCUT2D eigenvalue weighted by atomic mass is 9.74. The van der Waals surface area contributed by atoms with Gasteiger partial charge in [0.15, 0.2) is 18.7 Å². The molecule has 3 aliphatic rings. The number of phenolic OH excluding ortho intramolecular Hbond substituents is 1. The summed E-state index contributed by atoms with van der Waals surface area (Å²) in [5.41, 5.74) is -3.55. The van der Waals surface area contributed by atoms with E-state index in [9.17, 15) is 34.8 Å². The molecule has 64 heavy (non-hydrogen) atoms. The smallest absolute Gasteiger partial charge is 0.407 e. The van der Waals surface area contributed by atoms with Crippen molar-refractivity contribution in [2.45, 2.75) is 186 Å². The Morgan fingerprint density at radius 3 is 2.08 bits per heavy atom. The van der Waals surface area contributed by atoms with Crippen LogP contribution >= 0.6 is 0 Å². The van der Waals surface area contributed by atoms with Crippen LogP contribution in [0.2, 0.25) is 0 Å². The van der Waals surface area contributed by atoms with Crippen molar-refractivity contribution in [3.8, 4) is 5.75 Å². The van der Waals surface area contributed by atoms with Gasteiger partial charge in [0.05, 0.1) is 42.0 Å². The minimum absolute atomic E-state index is 0.0474. The monoisotopic (exact) mass is 911 g/mol. The van der Waals surface area contributed by atoms with Crippen molar-refractivity contribution in [2.75, 3.05) is 34.9 Å². The van der Waals surface area contributed by atoms with Gasteiger partial charge in [0.25, 0.3) is 0 Å². The minimum Gasteiger partial charge on any atom is -0.508 e. The number of carbonyl (C=O) groups excluding carboxylic acids is 3. The molecule has 0 bridgehead atoms. The number of nitrogens with one attached hydrogen (secondary N) is 1. The third-order valence-electron chi connectivity index (χ3n) is 14.1. The molecule has 0 aromatic heterocycles. The van der Waals surface area contributed by atoms with Crippen LogP contribution in [0.15, 0.2) is 24.3 Å². The zero-order valence-corrected chi connectivity index (χ0v) is 40.4. The van der Waals surface area contributed by atoms with Gasteiger partial charge in [0.2, 0.25) is 0 Å². The zero-order valence-electron chi connectivity index (χ0n) is 40.4. The normalized spacial score (nSPS) is 41.8. The van der Waals surface area contributed by atoms with Crippen molar-refractivity contribution in [1.29, 1.82) is 0 Å². The predicted octanol–water partition coefficient (Wildman–Crippen LogP) is 4.12. The molecule has 0 spiro atoms. The van der Waals surface area contributed by atoms with Crippen LogP contribution in [0.5, 0.6) is 5.75 Å². The van der Waals surface area contributed by atoms with Crippen LogP contribution in [-0.4, -0.2) is 162 Å². The Morgan fingerprint density at radius 2 is 1.50 bits per heavy atom. The van der Waals surface area contributed by atoms with E-state index in [1.165, 1.54) is 21.1 Å². The zero-order chi connectivity index (χ0) is 48.1. The average Bonchev–Trinajstić information content (AvgIpc) is 3.24. The van der Waals surface area contributed by atoms with Crippen molar-refractivity contribution >= 4 is 17.8 Å². The van der Waals surface area contributed by atoms with Gasteiger partial charge < -0.3 is 68.5 Å². The molecule has 1 amide bonds. The Labute approximate surface area is 379 Å². The third kappa shape index (κ3) is 12.3. The molecule has 18 atom stereocenters. The standard InChI is InChI=1S/C47H78N2O15/c1-15-34-47(10,56)39(53)27(4)36(51)25(2)23-45(8,57-13)40(63-43-37(52)33(49(11)12)22-26(3)59-43)28(5)38(29(6)42(54)61-34)62-35-24-46(9,58-14)41(30(7)60-35)64-44(55)48-21-20-31-16-18-32(50)19-17-31/h16-19,25-30,33-35,37-41,43,50,52-53,56H,15,20-24H2,1-14H3,(H,48,55)/t25-,26-,27+,28+,29-,30+,33+,34-,35+,37-,38+,39-,40-,41+,43+,45-,46-,47-/m1/s1. The van der Waals surface area contributed by atoms with Gasteiger partial charge in [0, 0.05) is 51.0 Å². The Bertz CT molecular complexity index is 1680. The quantitative estimate of drug-likeness (QED) is 0.186. The van der Waals surface area contributed by atoms with Gasteiger partial charge in [-0.1, -0.05) is 39.8 Å². The minimum atomic E-state index is -2.01. The summed E-state index contributed by atoms with van der Waals surface area (Å²) in [6, 6.07) is 6.37. The van der Waals surface area contributed by atoms with Crippen LogP contribution in [0.4, 0.5) is 4.79 Å². The molecule has 3 aliphatic heterocycles. The highest BCUT2D eigenvalue weighted by molar-refractivity contribution is 5.83. The number of nitrogens with zero attached hydrogens (tertiary/aromatic N) is 1. The highest BCUT2D eigenvalue weighted by atomic mass is 16.7. The molecule has 0 radical (unpaired) electrons. The molecule has 1 aromatic rings. The van der Waals surface area contributed by atoms with Crippen LogP contribution in [0.1, 0.15) is 100 Å². The number of ether oxygens (including phenoxy) is 8. The molecular formula is C47H78N2O15. The summed E-state index contributed by atoms with van der Waals surface area (Å²) in [5, 5.41) is 47.4. The van der Waals surface area contributed by atoms with E-state index in [0.29, 0.717) is 12.8 Å². The largest absolute Gasteiger partial charge is 0.508 e. The number of benzene rings is 1. The maximum atomic E-state index is 14.5. The molecule has 3 heterocycles. The summed E-state index contributed by atoms with van der Waals surface area (Å²) >= 11 is 0. The van der Waals surface area contributed by atoms with Crippen molar-refractivity contribution < 1.29 is 72.7 Å². The number of esters is 1. The molecule has 17 heteroatoms. The lowest BCUT2D eigenvalue weighted by molar-refractivity contribution is -0.319. The van der Waals surface area contributed by atoms with Crippen molar-refractivity contribution in [2.24, 2.45) is 23.7 Å². The van der Waals surface area contributed by atoms with Crippen LogP contribution in [0.25, 0.3) is 0 Å². The fourth-order valence-corrected chi connectivity index (χ4v) is 9.92. The topological polar surface area (TPSA) is 221 Å². The van der Waals surface area contributed by atoms with Gasteiger partial charge in [-0.25, -0.2) is 4.79 Å². The molecule has 5 N–H and O–H groups in total. The van der Waals surface area contributed by atoms with Crippen LogP contribution < -0.4 is 5.32 Å². The first-order valence-corrected chi connectivity index (χ1v) is 22.8. The first-order valence-electron chi connectivity index (χ1n) is 22.8. The SMILES string of the molecule is CC[C@H]1OC(=O)[C@H](C)[C@@H](O[C@H]2C[C@@](C)(OC)[C@@H](OC(=O)NCCc3ccc(O)cc3)[C@H](C)O2)[C@H](C)[C@@H](O[C@@H]2O[C@H](C)C[C@H](N(C)C)[C@H]2O)[C@](C)(OC)C[C@@H](C)C(=O)[C@H](C)[C@@H](O)[C@]1(C)O. The first kappa shape index (κ1) is 53.6. The fraction of sp³-hybridized carbons (Fsp3) is 0.809. The Morgan fingerprint density at radius 1 is 0.891 bits per heavy atom. The van der Waals surface area contributed by atoms with E-state index >= 15 is 0 Å². The maximum absolute atomic E-state index is 14.5. The molecule has 3 saturated heterocycles. The number of Topliss-reactive ketones (excluding diaryl/α,β-unsaturated/α-hetero) is 1. The van der Waals surface area contributed by atoms with E-state index < -0.39 is 108 Å². The number of alkyl carbamates (subject to hydrolysis) is 1. The molecule has 17 nitrogen and oxygen atoms in total. The van der Waals surface area contributed by atoms with Crippen LogP contribution in [0, 0.1) is 23.7 Å². The maximum Gasteiger partial charge on any atom is 0.407 e. The molecule has 0 unspecified atom stereocenters. The second-order valence-corrected chi connectivity index (χ2v) is 19.4.